The Balaban J connectivity index is 2.17. The van der Waals surface area contributed by atoms with Crippen molar-refractivity contribution in [3.05, 3.63) is 59.4 Å². The second kappa shape index (κ2) is 5.86. The second-order valence-corrected chi connectivity index (χ2v) is 4.27. The van der Waals surface area contributed by atoms with Crippen LogP contribution in [0.1, 0.15) is 11.1 Å². The van der Waals surface area contributed by atoms with Gasteiger partial charge in [0.05, 0.1) is 0 Å². The Labute approximate surface area is 111 Å². The first-order valence-corrected chi connectivity index (χ1v) is 5.91. The van der Waals surface area contributed by atoms with Gasteiger partial charge in [0, 0.05) is 5.46 Å². The average molecular weight is 260 g/mol. The lowest BCUT2D eigenvalue weighted by molar-refractivity contribution is 0.305. The molecule has 0 heterocycles. The largest absolute Gasteiger partial charge is 0.492 e. The Morgan fingerprint density at radius 2 is 1.89 bits per heavy atom. The highest BCUT2D eigenvalue weighted by molar-refractivity contribution is 6.59. The number of halogens is 1. The summed E-state index contributed by atoms with van der Waals surface area (Å²) >= 11 is 0. The van der Waals surface area contributed by atoms with Gasteiger partial charge in [-0.1, -0.05) is 24.3 Å². The molecule has 0 spiro atoms. The highest BCUT2D eigenvalue weighted by Crippen LogP contribution is 2.14. The highest BCUT2D eigenvalue weighted by Gasteiger charge is 2.16. The minimum Gasteiger partial charge on any atom is -0.489 e. The fourth-order valence-electron chi connectivity index (χ4n) is 1.78. The van der Waals surface area contributed by atoms with Crippen molar-refractivity contribution in [2.24, 2.45) is 0 Å². The van der Waals surface area contributed by atoms with Crippen LogP contribution in [0.4, 0.5) is 4.39 Å². The smallest absolute Gasteiger partial charge is 0.489 e. The van der Waals surface area contributed by atoms with Crippen LogP contribution in [0.5, 0.6) is 5.75 Å². The zero-order valence-electron chi connectivity index (χ0n) is 10.5. The van der Waals surface area contributed by atoms with E-state index in [0.717, 1.165) is 11.1 Å². The molecule has 0 amide bonds. The van der Waals surface area contributed by atoms with Gasteiger partial charge in [-0.15, -0.1) is 0 Å². The maximum absolute atomic E-state index is 13.1. The van der Waals surface area contributed by atoms with Gasteiger partial charge < -0.3 is 14.8 Å². The summed E-state index contributed by atoms with van der Waals surface area (Å²) in [4.78, 5) is 0. The number of hydrogen-bond acceptors (Lipinski definition) is 3. The number of benzene rings is 2. The predicted octanol–water partition coefficient (Wildman–Crippen LogP) is 1.39. The lowest BCUT2D eigenvalue weighted by Gasteiger charge is -2.12. The van der Waals surface area contributed by atoms with Gasteiger partial charge in [0.1, 0.15) is 18.2 Å². The summed E-state index contributed by atoms with van der Waals surface area (Å²) in [5.74, 6) is 0.0563. The number of ether oxygens (including phenoxy) is 1. The van der Waals surface area contributed by atoms with Gasteiger partial charge in [0.15, 0.2) is 0 Å². The van der Waals surface area contributed by atoms with Crippen molar-refractivity contribution in [1.82, 2.24) is 0 Å². The summed E-state index contributed by atoms with van der Waals surface area (Å²) in [6.45, 7) is 2.04. The van der Waals surface area contributed by atoms with E-state index in [2.05, 4.69) is 0 Å². The van der Waals surface area contributed by atoms with Crippen LogP contribution < -0.4 is 10.2 Å². The van der Waals surface area contributed by atoms with E-state index in [0.29, 0.717) is 5.75 Å². The fourth-order valence-corrected chi connectivity index (χ4v) is 1.78. The molecule has 2 aromatic carbocycles. The molecule has 19 heavy (non-hydrogen) atoms. The van der Waals surface area contributed by atoms with Crippen LogP contribution in [-0.4, -0.2) is 17.2 Å². The molecule has 0 aliphatic carbocycles. The van der Waals surface area contributed by atoms with Gasteiger partial charge in [0.2, 0.25) is 0 Å². The van der Waals surface area contributed by atoms with E-state index in [1.165, 1.54) is 12.1 Å². The zero-order chi connectivity index (χ0) is 13.8. The quantitative estimate of drug-likeness (QED) is 0.817. The molecular weight excluding hydrogens is 246 g/mol. The molecule has 2 N–H and O–H groups in total. The third-order valence-corrected chi connectivity index (χ3v) is 2.89. The Hall–Kier alpha value is -1.85. The first-order valence-electron chi connectivity index (χ1n) is 5.91. The van der Waals surface area contributed by atoms with E-state index >= 15 is 0 Å². The molecule has 0 radical (unpaired) electrons. The highest BCUT2D eigenvalue weighted by atomic mass is 19.1. The van der Waals surface area contributed by atoms with Crippen molar-refractivity contribution >= 4 is 12.6 Å². The van der Waals surface area contributed by atoms with Gasteiger partial charge in [0.25, 0.3) is 0 Å². The summed E-state index contributed by atoms with van der Waals surface area (Å²) in [6, 6.07) is 11.1. The van der Waals surface area contributed by atoms with Crippen LogP contribution >= 0.6 is 0 Å². The topological polar surface area (TPSA) is 49.7 Å². The maximum atomic E-state index is 13.1. The average Bonchev–Trinajstić information content (AvgIpc) is 2.40. The third kappa shape index (κ3) is 3.33. The number of rotatable bonds is 4. The molecule has 98 valence electrons. The minimum absolute atomic E-state index is 0.174. The van der Waals surface area contributed by atoms with Gasteiger partial charge in [-0.2, -0.15) is 0 Å². The Morgan fingerprint density at radius 1 is 1.16 bits per heavy atom. The maximum Gasteiger partial charge on any atom is 0.492 e. The standard InChI is InChI=1S/C14H14BFO3/c1-10-6-7-12(16)8-11(10)9-19-14-5-3-2-4-13(14)15(17)18/h2-8,17-18H,9H2,1H3. The summed E-state index contributed by atoms with van der Waals surface area (Å²) in [7, 11) is -1.59. The molecule has 0 saturated heterocycles. The van der Waals surface area contributed by atoms with Crippen LogP contribution in [-0.2, 0) is 6.61 Å². The molecule has 5 heteroatoms. The molecule has 0 aliphatic rings. The van der Waals surface area contributed by atoms with Gasteiger partial charge in [-0.05, 0) is 36.2 Å². The van der Waals surface area contributed by atoms with E-state index in [1.807, 2.05) is 6.92 Å². The SMILES string of the molecule is Cc1ccc(F)cc1COc1ccccc1B(O)O. The second-order valence-electron chi connectivity index (χ2n) is 4.27. The number of aryl methyl sites for hydroxylation is 1. The summed E-state index contributed by atoms with van der Waals surface area (Å²) in [6.07, 6.45) is 0. The Kier molecular flexibility index (Phi) is 4.19. The van der Waals surface area contributed by atoms with Crippen molar-refractivity contribution in [3.8, 4) is 5.75 Å². The van der Waals surface area contributed by atoms with Crippen LogP contribution in [0.2, 0.25) is 0 Å². The predicted molar refractivity (Wildman–Crippen MR) is 71.7 cm³/mol. The van der Waals surface area contributed by atoms with E-state index < -0.39 is 7.12 Å². The lowest BCUT2D eigenvalue weighted by atomic mass is 9.79. The molecule has 0 bridgehead atoms. The molecular formula is C14H14BFO3. The van der Waals surface area contributed by atoms with Crippen molar-refractivity contribution in [3.63, 3.8) is 0 Å². The monoisotopic (exact) mass is 260 g/mol. The molecule has 0 aliphatic heterocycles. The normalized spacial score (nSPS) is 10.3. The third-order valence-electron chi connectivity index (χ3n) is 2.89. The molecule has 2 aromatic rings. The van der Waals surface area contributed by atoms with Crippen molar-refractivity contribution < 1.29 is 19.2 Å². The molecule has 0 aromatic heterocycles. The Morgan fingerprint density at radius 3 is 2.63 bits per heavy atom. The van der Waals surface area contributed by atoms with Crippen molar-refractivity contribution in [1.29, 1.82) is 0 Å². The fraction of sp³-hybridized carbons (Fsp3) is 0.143. The van der Waals surface area contributed by atoms with Gasteiger partial charge in [-0.25, -0.2) is 4.39 Å². The number of hydrogen-bond donors (Lipinski definition) is 2. The van der Waals surface area contributed by atoms with Crippen LogP contribution in [0, 0.1) is 12.7 Å². The zero-order valence-corrected chi connectivity index (χ0v) is 10.5. The van der Waals surface area contributed by atoms with Crippen LogP contribution in [0.25, 0.3) is 0 Å². The summed E-state index contributed by atoms with van der Waals surface area (Å²) in [5, 5.41) is 18.4. The molecule has 3 nitrogen and oxygen atoms in total. The molecule has 0 unspecified atom stereocenters. The molecule has 2 rings (SSSR count). The van der Waals surface area contributed by atoms with E-state index in [1.54, 1.807) is 30.3 Å². The first kappa shape index (κ1) is 13.6. The van der Waals surface area contributed by atoms with E-state index in [9.17, 15) is 14.4 Å². The number of para-hydroxylation sites is 1. The lowest BCUT2D eigenvalue weighted by Crippen LogP contribution is -2.31. The molecule has 0 saturated carbocycles. The van der Waals surface area contributed by atoms with E-state index in [-0.39, 0.29) is 17.9 Å². The summed E-state index contributed by atoms with van der Waals surface area (Å²) < 4.78 is 18.7. The molecule has 0 atom stereocenters. The first-order chi connectivity index (χ1) is 9.08. The van der Waals surface area contributed by atoms with Crippen molar-refractivity contribution in [2.45, 2.75) is 13.5 Å². The minimum atomic E-state index is -1.59. The Bertz CT molecular complexity index is 572. The van der Waals surface area contributed by atoms with Crippen LogP contribution in [0.15, 0.2) is 42.5 Å². The van der Waals surface area contributed by atoms with Gasteiger partial charge in [-0.3, -0.25) is 0 Å². The summed E-state index contributed by atoms with van der Waals surface area (Å²) in [5.41, 5.74) is 1.93. The van der Waals surface area contributed by atoms with Crippen molar-refractivity contribution in [2.75, 3.05) is 0 Å². The molecule has 0 fully saturated rings. The van der Waals surface area contributed by atoms with Crippen LogP contribution in [0.3, 0.4) is 0 Å². The van der Waals surface area contributed by atoms with E-state index in [4.69, 9.17) is 4.74 Å². The van der Waals surface area contributed by atoms with Gasteiger partial charge >= 0.3 is 7.12 Å².